The maximum atomic E-state index is 13.2. The largest absolute Gasteiger partial charge is 0.487 e. The van der Waals surface area contributed by atoms with Gasteiger partial charge in [-0.1, -0.05) is 22.9 Å². The Morgan fingerprint density at radius 3 is 2.62 bits per heavy atom. The molecule has 0 spiro atoms. The summed E-state index contributed by atoms with van der Waals surface area (Å²) in [6.07, 6.45) is -0.414. The lowest BCUT2D eigenvalue weighted by molar-refractivity contribution is -0.132. The van der Waals surface area contributed by atoms with Crippen LogP contribution in [0.5, 0.6) is 5.75 Å². The number of ether oxygens (including phenoxy) is 1. The molecule has 164 valence electrons. The number of hydrogen-bond acceptors (Lipinski definition) is 6. The number of fused-ring (bicyclic) bond motifs is 1. The molecule has 0 aromatic heterocycles. The van der Waals surface area contributed by atoms with Crippen LogP contribution in [0.15, 0.2) is 27.6 Å². The van der Waals surface area contributed by atoms with Crippen LogP contribution < -0.4 is 4.74 Å². The highest BCUT2D eigenvalue weighted by atomic mass is 79.9. The maximum absolute atomic E-state index is 13.2. The zero-order chi connectivity index (χ0) is 21.9. The third-order valence-corrected chi connectivity index (χ3v) is 7.47. The molecule has 0 bridgehead atoms. The number of aliphatic hydroxyl groups excluding tert-OH is 1. The number of rotatable bonds is 6. The third kappa shape index (κ3) is 5.69. The van der Waals surface area contributed by atoms with Gasteiger partial charge in [-0.05, 0) is 39.2 Å². The minimum absolute atomic E-state index is 0.0458. The average Bonchev–Trinajstić information content (AvgIpc) is 2.63. The van der Waals surface area contributed by atoms with Gasteiger partial charge < -0.3 is 19.6 Å². The number of carbonyl (C=O) groups excluding carboxylic acids is 1. The molecule has 1 aliphatic heterocycles. The Kier molecular flexibility index (Phi) is 8.08. The number of halogens is 1. The quantitative estimate of drug-likeness (QED) is 0.643. The highest BCUT2D eigenvalue weighted by Gasteiger charge is 2.38. The minimum atomic E-state index is -3.85. The fourth-order valence-electron chi connectivity index (χ4n) is 3.18. The first-order valence-electron chi connectivity index (χ1n) is 9.45. The van der Waals surface area contributed by atoms with Gasteiger partial charge in [0.15, 0.2) is 0 Å². The Labute approximate surface area is 181 Å². The predicted octanol–water partition coefficient (Wildman–Crippen LogP) is 1.24. The van der Waals surface area contributed by atoms with Gasteiger partial charge in [0.1, 0.15) is 16.7 Å². The number of likely N-dealkylation sites (N-methyl/N-ethyl adjacent to an activating group) is 2. The van der Waals surface area contributed by atoms with Crippen LogP contribution in [0.25, 0.3) is 0 Å². The van der Waals surface area contributed by atoms with Crippen LogP contribution in [-0.2, 0) is 14.8 Å². The van der Waals surface area contributed by atoms with Crippen LogP contribution in [0.3, 0.4) is 0 Å². The Morgan fingerprint density at radius 2 is 2.03 bits per heavy atom. The summed E-state index contributed by atoms with van der Waals surface area (Å²) in [5.74, 6) is -0.0180. The van der Waals surface area contributed by atoms with E-state index in [0.717, 1.165) is 0 Å². The highest BCUT2D eigenvalue weighted by Crippen LogP contribution is 2.35. The van der Waals surface area contributed by atoms with Gasteiger partial charge in [-0.15, -0.1) is 0 Å². The van der Waals surface area contributed by atoms with Crippen molar-refractivity contribution < 1.29 is 23.1 Å². The molecule has 0 fully saturated rings. The van der Waals surface area contributed by atoms with Crippen molar-refractivity contribution in [1.29, 1.82) is 0 Å². The van der Waals surface area contributed by atoms with E-state index in [4.69, 9.17) is 4.74 Å². The Balaban J connectivity index is 2.43. The topological polar surface area (TPSA) is 90.4 Å². The molecule has 8 nitrogen and oxygen atoms in total. The lowest BCUT2D eigenvalue weighted by Crippen LogP contribution is -2.50. The summed E-state index contributed by atoms with van der Waals surface area (Å²) in [5, 5.41) is 9.63. The standard InChI is InChI=1S/C19H30BrN3O5S/c1-13-9-23(14(2)12-24)29(26,27)18-7-6-15(20)8-16(18)28-17(13)10-22(5)19(25)11-21(3)4/h6-8,13-14,17,24H,9-12H2,1-5H3/t13-,14+,17+/m0/s1. The van der Waals surface area contributed by atoms with E-state index in [0.29, 0.717) is 11.0 Å². The van der Waals surface area contributed by atoms with Crippen LogP contribution in [0, 0.1) is 5.92 Å². The van der Waals surface area contributed by atoms with Crippen LogP contribution in [0.4, 0.5) is 0 Å². The number of benzene rings is 1. The molecule has 0 aliphatic carbocycles. The monoisotopic (exact) mass is 491 g/mol. The molecule has 0 radical (unpaired) electrons. The van der Waals surface area contributed by atoms with Crippen molar-refractivity contribution in [3.63, 3.8) is 0 Å². The highest BCUT2D eigenvalue weighted by molar-refractivity contribution is 9.10. The molecule has 0 saturated carbocycles. The molecule has 1 aliphatic rings. The molecule has 0 saturated heterocycles. The normalized spacial score (nSPS) is 22.9. The summed E-state index contributed by atoms with van der Waals surface area (Å²) in [6.45, 7) is 4.06. The van der Waals surface area contributed by atoms with Crippen LogP contribution >= 0.6 is 15.9 Å². The van der Waals surface area contributed by atoms with Crippen molar-refractivity contribution in [1.82, 2.24) is 14.1 Å². The summed E-state index contributed by atoms with van der Waals surface area (Å²) in [7, 11) is 1.52. The van der Waals surface area contributed by atoms with E-state index >= 15 is 0 Å². The number of amides is 1. The van der Waals surface area contributed by atoms with Gasteiger partial charge in [0.2, 0.25) is 15.9 Å². The van der Waals surface area contributed by atoms with E-state index in [1.807, 2.05) is 21.0 Å². The molecular weight excluding hydrogens is 462 g/mol. The van der Waals surface area contributed by atoms with Crippen molar-refractivity contribution in [2.24, 2.45) is 5.92 Å². The Morgan fingerprint density at radius 1 is 1.38 bits per heavy atom. The molecule has 3 atom stereocenters. The van der Waals surface area contributed by atoms with Crippen molar-refractivity contribution in [3.8, 4) is 5.75 Å². The smallest absolute Gasteiger partial charge is 0.247 e. The molecule has 2 rings (SSSR count). The van der Waals surface area contributed by atoms with Crippen molar-refractivity contribution in [2.75, 3.05) is 47.4 Å². The van der Waals surface area contributed by atoms with Gasteiger partial charge in [-0.25, -0.2) is 8.42 Å². The zero-order valence-electron chi connectivity index (χ0n) is 17.5. The summed E-state index contributed by atoms with van der Waals surface area (Å²) in [5.41, 5.74) is 0. The van der Waals surface area contributed by atoms with Gasteiger partial charge in [0.05, 0.1) is 19.7 Å². The van der Waals surface area contributed by atoms with E-state index < -0.39 is 22.2 Å². The molecule has 1 aromatic rings. The molecule has 1 heterocycles. The van der Waals surface area contributed by atoms with Crippen LogP contribution in [0.2, 0.25) is 0 Å². The first-order valence-corrected chi connectivity index (χ1v) is 11.7. The second-order valence-corrected chi connectivity index (χ2v) is 10.6. The molecule has 29 heavy (non-hydrogen) atoms. The Hall–Kier alpha value is -1.20. The number of carbonyl (C=O) groups is 1. The third-order valence-electron chi connectivity index (χ3n) is 4.96. The van der Waals surface area contributed by atoms with Crippen LogP contribution in [0.1, 0.15) is 13.8 Å². The molecule has 1 amide bonds. The Bertz CT molecular complexity index is 833. The summed E-state index contributed by atoms with van der Waals surface area (Å²) < 4.78 is 34.6. The number of aliphatic hydroxyl groups is 1. The fourth-order valence-corrected chi connectivity index (χ4v) is 5.35. The average molecular weight is 492 g/mol. The van der Waals surface area contributed by atoms with E-state index in [9.17, 15) is 18.3 Å². The summed E-state index contributed by atoms with van der Waals surface area (Å²) in [6, 6.07) is 4.20. The van der Waals surface area contributed by atoms with E-state index in [1.54, 1.807) is 35.9 Å². The fraction of sp³-hybridized carbons (Fsp3) is 0.632. The maximum Gasteiger partial charge on any atom is 0.247 e. The predicted molar refractivity (Wildman–Crippen MR) is 114 cm³/mol. The molecular formula is C19H30BrN3O5S. The van der Waals surface area contributed by atoms with Crippen molar-refractivity contribution >= 4 is 31.9 Å². The van der Waals surface area contributed by atoms with E-state index in [-0.39, 0.29) is 42.2 Å². The van der Waals surface area contributed by atoms with Gasteiger partial charge in [0, 0.05) is 30.0 Å². The number of hydrogen-bond donors (Lipinski definition) is 1. The molecule has 10 heteroatoms. The molecule has 1 N–H and O–H groups in total. The van der Waals surface area contributed by atoms with E-state index in [1.165, 1.54) is 10.4 Å². The van der Waals surface area contributed by atoms with E-state index in [2.05, 4.69) is 15.9 Å². The molecule has 1 aromatic carbocycles. The van der Waals surface area contributed by atoms with Crippen LogP contribution in [-0.4, -0.2) is 93.1 Å². The second kappa shape index (κ2) is 9.74. The molecule has 0 unspecified atom stereocenters. The first-order chi connectivity index (χ1) is 13.5. The lowest BCUT2D eigenvalue weighted by atomic mass is 10.0. The summed E-state index contributed by atoms with van der Waals surface area (Å²) >= 11 is 3.37. The van der Waals surface area contributed by atoms with Gasteiger partial charge in [-0.2, -0.15) is 4.31 Å². The number of sulfonamides is 1. The van der Waals surface area contributed by atoms with Gasteiger partial charge in [0.25, 0.3) is 0 Å². The first kappa shape index (κ1) is 24.1. The van der Waals surface area contributed by atoms with Crippen molar-refractivity contribution in [3.05, 3.63) is 22.7 Å². The van der Waals surface area contributed by atoms with Crippen molar-refractivity contribution in [2.45, 2.75) is 30.9 Å². The summed E-state index contributed by atoms with van der Waals surface area (Å²) in [4.78, 5) is 15.8. The SMILES string of the molecule is C[C@H](CO)N1C[C@H](C)[C@@H](CN(C)C(=O)CN(C)C)Oc2cc(Br)ccc2S1(=O)=O. The second-order valence-electron chi connectivity index (χ2n) is 7.84. The zero-order valence-corrected chi connectivity index (χ0v) is 19.9. The minimum Gasteiger partial charge on any atom is -0.487 e. The lowest BCUT2D eigenvalue weighted by Gasteiger charge is -2.37. The number of nitrogens with zero attached hydrogens (tertiary/aromatic N) is 3. The van der Waals surface area contributed by atoms with Gasteiger partial charge in [-0.3, -0.25) is 4.79 Å². The van der Waals surface area contributed by atoms with Gasteiger partial charge >= 0.3 is 0 Å².